The number of hydrogen-bond acceptors (Lipinski definition) is 2. The third kappa shape index (κ3) is 1.53. The van der Waals surface area contributed by atoms with Crippen LogP contribution in [0.5, 0.6) is 0 Å². The molecule has 4 rings (SSSR count). The summed E-state index contributed by atoms with van der Waals surface area (Å²) >= 11 is 0. The van der Waals surface area contributed by atoms with Gasteiger partial charge in [-0.15, -0.1) is 0 Å². The molecule has 0 aliphatic rings. The van der Waals surface area contributed by atoms with Gasteiger partial charge in [0.1, 0.15) is 5.82 Å². The zero-order chi connectivity index (χ0) is 13.5. The fourth-order valence-corrected chi connectivity index (χ4v) is 2.73. The molecule has 2 heterocycles. The Kier molecular flexibility index (Phi) is 2.33. The molecule has 0 N–H and O–H groups in total. The first-order chi connectivity index (χ1) is 9.84. The molecule has 3 heteroatoms. The van der Waals surface area contributed by atoms with E-state index in [9.17, 15) is 0 Å². The van der Waals surface area contributed by atoms with Crippen molar-refractivity contribution in [3.8, 4) is 5.69 Å². The number of hydrogen-bond donors (Lipinski definition) is 0. The average Bonchev–Trinajstić information content (AvgIpc) is 2.82. The minimum Gasteiger partial charge on any atom is -0.296 e. The van der Waals surface area contributed by atoms with Crippen molar-refractivity contribution in [2.24, 2.45) is 0 Å². The van der Waals surface area contributed by atoms with Gasteiger partial charge in [-0.05, 0) is 31.2 Å². The van der Waals surface area contributed by atoms with Gasteiger partial charge in [0.05, 0.1) is 22.2 Å². The van der Waals surface area contributed by atoms with E-state index >= 15 is 0 Å². The van der Waals surface area contributed by atoms with E-state index in [0.717, 1.165) is 33.4 Å². The molecule has 0 bridgehead atoms. The molecule has 20 heavy (non-hydrogen) atoms. The number of para-hydroxylation sites is 3. The number of aromatic nitrogens is 3. The summed E-state index contributed by atoms with van der Waals surface area (Å²) < 4.78 is 2.19. The summed E-state index contributed by atoms with van der Waals surface area (Å²) in [6, 6.07) is 18.4. The van der Waals surface area contributed by atoms with Crippen LogP contribution in [0.1, 0.15) is 5.82 Å². The van der Waals surface area contributed by atoms with Crippen LogP contribution in [0.25, 0.3) is 27.6 Å². The van der Waals surface area contributed by atoms with Gasteiger partial charge in [0, 0.05) is 11.6 Å². The van der Waals surface area contributed by atoms with E-state index in [1.807, 2.05) is 55.6 Å². The van der Waals surface area contributed by atoms with E-state index in [1.54, 1.807) is 0 Å². The monoisotopic (exact) mass is 259 g/mol. The Balaban J connectivity index is 2.14. The molecule has 3 nitrogen and oxygen atoms in total. The third-order valence-electron chi connectivity index (χ3n) is 3.60. The van der Waals surface area contributed by atoms with Crippen molar-refractivity contribution in [2.75, 3.05) is 0 Å². The lowest BCUT2D eigenvalue weighted by Gasteiger charge is -2.10. The van der Waals surface area contributed by atoms with Crippen molar-refractivity contribution in [2.45, 2.75) is 6.92 Å². The van der Waals surface area contributed by atoms with Gasteiger partial charge in [0.2, 0.25) is 0 Å². The van der Waals surface area contributed by atoms with Gasteiger partial charge in [-0.1, -0.05) is 30.3 Å². The first-order valence-corrected chi connectivity index (χ1v) is 6.63. The van der Waals surface area contributed by atoms with Crippen LogP contribution >= 0.6 is 0 Å². The van der Waals surface area contributed by atoms with Gasteiger partial charge in [-0.25, -0.2) is 4.98 Å². The molecule has 0 radical (unpaired) electrons. The summed E-state index contributed by atoms with van der Waals surface area (Å²) in [7, 11) is 0. The number of benzene rings is 2. The molecule has 0 saturated heterocycles. The molecule has 0 spiro atoms. The summed E-state index contributed by atoms with van der Waals surface area (Å²) in [6.45, 7) is 2.04. The molecule has 0 atom stereocenters. The SMILES string of the molecule is Cc1nc2ccccc2n1-c1ccnc2ccccc12. The van der Waals surface area contributed by atoms with Gasteiger partial charge in [-0.2, -0.15) is 0 Å². The van der Waals surface area contributed by atoms with Crippen LogP contribution in [0.3, 0.4) is 0 Å². The Morgan fingerprint density at radius 2 is 1.60 bits per heavy atom. The van der Waals surface area contributed by atoms with Crippen LogP contribution in [0, 0.1) is 6.92 Å². The van der Waals surface area contributed by atoms with E-state index in [4.69, 9.17) is 0 Å². The van der Waals surface area contributed by atoms with Crippen LogP contribution < -0.4 is 0 Å². The second-order valence-corrected chi connectivity index (χ2v) is 4.83. The van der Waals surface area contributed by atoms with Crippen molar-refractivity contribution in [3.63, 3.8) is 0 Å². The van der Waals surface area contributed by atoms with E-state index in [1.165, 1.54) is 0 Å². The largest absolute Gasteiger partial charge is 0.296 e. The number of pyridine rings is 1. The lowest BCUT2D eigenvalue weighted by atomic mass is 10.2. The first kappa shape index (κ1) is 11.2. The van der Waals surface area contributed by atoms with E-state index in [0.29, 0.717) is 0 Å². The minimum absolute atomic E-state index is 0.988. The molecule has 0 unspecified atom stereocenters. The minimum atomic E-state index is 0.988. The normalized spacial score (nSPS) is 11.2. The quantitative estimate of drug-likeness (QED) is 0.519. The van der Waals surface area contributed by atoms with Gasteiger partial charge in [0.15, 0.2) is 0 Å². The van der Waals surface area contributed by atoms with Crippen LogP contribution in [0.15, 0.2) is 60.8 Å². The predicted molar refractivity (Wildman–Crippen MR) is 81.1 cm³/mol. The fraction of sp³-hybridized carbons (Fsp3) is 0.0588. The second-order valence-electron chi connectivity index (χ2n) is 4.83. The number of rotatable bonds is 1. The maximum Gasteiger partial charge on any atom is 0.111 e. The van der Waals surface area contributed by atoms with Crippen molar-refractivity contribution >= 4 is 21.9 Å². The predicted octanol–water partition coefficient (Wildman–Crippen LogP) is 3.88. The Hall–Kier alpha value is -2.68. The number of imidazole rings is 1. The van der Waals surface area contributed by atoms with E-state index < -0.39 is 0 Å². The van der Waals surface area contributed by atoms with Crippen molar-refractivity contribution in [3.05, 3.63) is 66.6 Å². The van der Waals surface area contributed by atoms with Crippen LogP contribution in [0.4, 0.5) is 0 Å². The summed E-state index contributed by atoms with van der Waals surface area (Å²) in [5.41, 5.74) is 4.27. The Morgan fingerprint density at radius 1 is 0.850 bits per heavy atom. The third-order valence-corrected chi connectivity index (χ3v) is 3.60. The first-order valence-electron chi connectivity index (χ1n) is 6.63. The average molecular weight is 259 g/mol. The van der Waals surface area contributed by atoms with Crippen LogP contribution in [0.2, 0.25) is 0 Å². The zero-order valence-corrected chi connectivity index (χ0v) is 11.1. The molecular weight excluding hydrogens is 246 g/mol. The number of nitrogens with zero attached hydrogens (tertiary/aromatic N) is 3. The van der Waals surface area contributed by atoms with Crippen molar-refractivity contribution < 1.29 is 0 Å². The van der Waals surface area contributed by atoms with Gasteiger partial charge < -0.3 is 0 Å². The standard InChI is InChI=1S/C17H13N3/c1-12-19-15-8-4-5-9-17(15)20(12)16-10-11-18-14-7-3-2-6-13(14)16/h2-11H,1H3. The lowest BCUT2D eigenvalue weighted by molar-refractivity contribution is 1.01. The van der Waals surface area contributed by atoms with Crippen molar-refractivity contribution in [1.82, 2.24) is 14.5 Å². The zero-order valence-electron chi connectivity index (χ0n) is 11.1. The molecule has 0 saturated carbocycles. The summed E-state index contributed by atoms with van der Waals surface area (Å²) in [5.74, 6) is 0.988. The topological polar surface area (TPSA) is 30.7 Å². The molecular formula is C17H13N3. The highest BCUT2D eigenvalue weighted by Gasteiger charge is 2.11. The maximum absolute atomic E-state index is 4.64. The molecule has 2 aromatic carbocycles. The van der Waals surface area contributed by atoms with Crippen molar-refractivity contribution in [1.29, 1.82) is 0 Å². The van der Waals surface area contributed by atoms with E-state index in [2.05, 4.69) is 26.7 Å². The van der Waals surface area contributed by atoms with Gasteiger partial charge in [0.25, 0.3) is 0 Å². The van der Waals surface area contributed by atoms with Crippen LogP contribution in [-0.4, -0.2) is 14.5 Å². The molecule has 4 aromatic rings. The number of fused-ring (bicyclic) bond motifs is 2. The second kappa shape index (κ2) is 4.17. The smallest absolute Gasteiger partial charge is 0.111 e. The van der Waals surface area contributed by atoms with E-state index in [-0.39, 0.29) is 0 Å². The Labute approximate surface area is 116 Å². The lowest BCUT2D eigenvalue weighted by Crippen LogP contribution is -1.98. The molecule has 2 aromatic heterocycles. The highest BCUT2D eigenvalue weighted by atomic mass is 15.1. The van der Waals surface area contributed by atoms with Gasteiger partial charge >= 0.3 is 0 Å². The maximum atomic E-state index is 4.64. The summed E-state index contributed by atoms with van der Waals surface area (Å²) in [6.07, 6.45) is 1.85. The van der Waals surface area contributed by atoms with Crippen LogP contribution in [-0.2, 0) is 0 Å². The highest BCUT2D eigenvalue weighted by Crippen LogP contribution is 2.26. The molecule has 0 aliphatic carbocycles. The molecule has 0 aliphatic heterocycles. The Morgan fingerprint density at radius 3 is 2.50 bits per heavy atom. The molecule has 0 fully saturated rings. The summed E-state index contributed by atoms with van der Waals surface area (Å²) in [4.78, 5) is 9.07. The summed E-state index contributed by atoms with van der Waals surface area (Å²) in [5, 5.41) is 1.14. The fourth-order valence-electron chi connectivity index (χ4n) is 2.73. The molecule has 0 amide bonds. The Bertz CT molecular complexity index is 916. The van der Waals surface area contributed by atoms with Gasteiger partial charge in [-0.3, -0.25) is 9.55 Å². The highest BCUT2D eigenvalue weighted by molar-refractivity contribution is 5.90. The molecule has 96 valence electrons. The number of aryl methyl sites for hydroxylation is 1.